The number of carboxylic acid groups (broad SMARTS) is 2. The summed E-state index contributed by atoms with van der Waals surface area (Å²) in [5.74, 6) is -3.38. The van der Waals surface area contributed by atoms with E-state index in [-0.39, 0.29) is 5.92 Å². The zero-order valence-corrected chi connectivity index (χ0v) is 24.4. The fourth-order valence-electron chi connectivity index (χ4n) is 4.70. The van der Waals surface area contributed by atoms with Gasteiger partial charge in [0.15, 0.2) is 0 Å². The van der Waals surface area contributed by atoms with Crippen molar-refractivity contribution in [2.24, 2.45) is 0 Å². The van der Waals surface area contributed by atoms with E-state index in [1.54, 1.807) is 24.3 Å². The Morgan fingerprint density at radius 2 is 1.00 bits per heavy atom. The molecule has 2 amide bonds. The molecule has 0 fully saturated rings. The number of nitrogens with one attached hydrogen (secondary N) is 2. The minimum absolute atomic E-state index is 0.351. The van der Waals surface area contributed by atoms with Crippen molar-refractivity contribution in [2.75, 3.05) is 24.9 Å². The number of hydrogen-bond acceptors (Lipinski definition) is 6. The normalized spacial score (nSPS) is 11.0. The number of carbonyl (C=O) groups is 4. The minimum atomic E-state index is -1.24. The summed E-state index contributed by atoms with van der Waals surface area (Å²) in [4.78, 5) is 46.1. The Morgan fingerprint density at radius 1 is 0.578 bits per heavy atom. The molecule has 0 saturated heterocycles. The topological polar surface area (TPSA) is 151 Å². The monoisotopic (exact) mass is 606 g/mol. The predicted molar refractivity (Wildman–Crippen MR) is 170 cm³/mol. The highest BCUT2D eigenvalue weighted by atomic mass is 16.5. The number of ether oxygens (including phenoxy) is 2. The Hall–Kier alpha value is -6.16. The van der Waals surface area contributed by atoms with E-state index in [2.05, 4.69) is 10.6 Å². The summed E-state index contributed by atoms with van der Waals surface area (Å²) in [6, 6.07) is 28.6. The molecule has 10 heteroatoms. The molecule has 0 saturated carbocycles. The van der Waals surface area contributed by atoms with Crippen molar-refractivity contribution in [2.45, 2.75) is 5.92 Å². The molecule has 0 bridgehead atoms. The molecule has 4 rings (SSSR count). The van der Waals surface area contributed by atoms with Crippen molar-refractivity contribution in [3.8, 4) is 22.6 Å². The summed E-state index contributed by atoms with van der Waals surface area (Å²) in [6.45, 7) is 0. The first-order valence-electron chi connectivity index (χ1n) is 13.6. The third-order valence-electron chi connectivity index (χ3n) is 6.74. The fourth-order valence-corrected chi connectivity index (χ4v) is 4.70. The number of carbonyl (C=O) groups excluding carboxylic acids is 2. The molecule has 0 spiro atoms. The van der Waals surface area contributed by atoms with Gasteiger partial charge in [-0.3, -0.25) is 9.59 Å². The second-order valence-electron chi connectivity index (χ2n) is 9.66. The maximum Gasteiger partial charge on any atom is 0.328 e. The van der Waals surface area contributed by atoms with Crippen molar-refractivity contribution < 1.29 is 38.9 Å². The van der Waals surface area contributed by atoms with Gasteiger partial charge in [-0.1, -0.05) is 66.7 Å². The molecule has 0 aliphatic carbocycles. The summed E-state index contributed by atoms with van der Waals surface area (Å²) in [6.07, 6.45) is 3.31. The van der Waals surface area contributed by atoms with Crippen LogP contribution in [-0.2, 0) is 19.2 Å². The highest BCUT2D eigenvalue weighted by Gasteiger charge is 2.21. The summed E-state index contributed by atoms with van der Waals surface area (Å²) in [5.41, 5.74) is 5.35. The Bertz CT molecular complexity index is 1670. The molecular weight excluding hydrogens is 576 g/mol. The van der Waals surface area contributed by atoms with E-state index in [9.17, 15) is 19.2 Å². The van der Waals surface area contributed by atoms with E-state index < -0.39 is 23.8 Å². The van der Waals surface area contributed by atoms with Crippen LogP contribution in [0.3, 0.4) is 0 Å². The summed E-state index contributed by atoms with van der Waals surface area (Å²) >= 11 is 0. The molecule has 0 atom stereocenters. The van der Waals surface area contributed by atoms with Crippen LogP contribution >= 0.6 is 0 Å². The SMILES string of the molecule is COc1cc(C(c2ccc(-c3ccccc3)cc2)c2ccc(NC(=O)/C=C/C(=O)O)c(OC)c2)ccc1NC(=O)/C=C/C(=O)O. The first-order chi connectivity index (χ1) is 21.7. The molecule has 0 unspecified atom stereocenters. The van der Waals surface area contributed by atoms with Gasteiger partial charge >= 0.3 is 11.9 Å². The van der Waals surface area contributed by atoms with E-state index in [1.807, 2.05) is 66.7 Å². The van der Waals surface area contributed by atoms with Crippen molar-refractivity contribution in [3.63, 3.8) is 0 Å². The smallest absolute Gasteiger partial charge is 0.328 e. The van der Waals surface area contributed by atoms with E-state index in [0.29, 0.717) is 22.9 Å². The lowest BCUT2D eigenvalue weighted by Crippen LogP contribution is -2.11. The molecular formula is C35H30N2O8. The molecule has 4 aromatic rings. The summed E-state index contributed by atoms with van der Waals surface area (Å²) in [7, 11) is 2.93. The van der Waals surface area contributed by atoms with Crippen molar-refractivity contribution in [1.82, 2.24) is 0 Å². The third kappa shape index (κ3) is 8.45. The van der Waals surface area contributed by atoms with Gasteiger partial charge in [0.2, 0.25) is 11.8 Å². The zero-order valence-electron chi connectivity index (χ0n) is 24.4. The third-order valence-corrected chi connectivity index (χ3v) is 6.74. The van der Waals surface area contributed by atoms with Crippen LogP contribution < -0.4 is 20.1 Å². The van der Waals surface area contributed by atoms with E-state index in [0.717, 1.165) is 52.1 Å². The van der Waals surface area contributed by atoms with Gasteiger partial charge in [-0.15, -0.1) is 0 Å². The molecule has 0 aliphatic heterocycles. The van der Waals surface area contributed by atoms with Crippen LogP contribution in [0.25, 0.3) is 11.1 Å². The molecule has 0 radical (unpaired) electrons. The number of methoxy groups -OCH3 is 2. The van der Waals surface area contributed by atoms with E-state index in [4.69, 9.17) is 19.7 Å². The van der Waals surface area contributed by atoms with Crippen LogP contribution in [-0.4, -0.2) is 48.2 Å². The molecule has 45 heavy (non-hydrogen) atoms. The minimum Gasteiger partial charge on any atom is -0.495 e. The first-order valence-corrected chi connectivity index (χ1v) is 13.6. The van der Waals surface area contributed by atoms with E-state index in [1.165, 1.54) is 14.2 Å². The average Bonchev–Trinajstić information content (AvgIpc) is 3.04. The maximum absolute atomic E-state index is 12.3. The molecule has 0 aliphatic rings. The van der Waals surface area contributed by atoms with Gasteiger partial charge in [-0.25, -0.2) is 9.59 Å². The van der Waals surface area contributed by atoms with Crippen LogP contribution in [0.5, 0.6) is 11.5 Å². The number of aliphatic carboxylic acids is 2. The second-order valence-corrected chi connectivity index (χ2v) is 9.66. The lowest BCUT2D eigenvalue weighted by molar-refractivity contribution is -0.132. The fraction of sp³-hybridized carbons (Fsp3) is 0.0857. The Kier molecular flexibility index (Phi) is 10.5. The van der Waals surface area contributed by atoms with Gasteiger partial charge in [-0.2, -0.15) is 0 Å². The van der Waals surface area contributed by atoms with Gasteiger partial charge in [-0.05, 0) is 52.1 Å². The molecule has 4 aromatic carbocycles. The number of amides is 2. The Labute approximate surface area is 259 Å². The summed E-state index contributed by atoms with van der Waals surface area (Å²) < 4.78 is 11.2. The van der Waals surface area contributed by atoms with Gasteiger partial charge in [0.25, 0.3) is 0 Å². The largest absolute Gasteiger partial charge is 0.495 e. The van der Waals surface area contributed by atoms with Crippen molar-refractivity contribution >= 4 is 35.1 Å². The Balaban J connectivity index is 1.76. The average molecular weight is 607 g/mol. The maximum atomic E-state index is 12.3. The van der Waals surface area contributed by atoms with Crippen LogP contribution in [0.4, 0.5) is 11.4 Å². The second kappa shape index (κ2) is 14.8. The summed E-state index contributed by atoms with van der Waals surface area (Å²) in [5, 5.41) is 22.9. The van der Waals surface area contributed by atoms with Crippen molar-refractivity contribution in [1.29, 1.82) is 0 Å². The van der Waals surface area contributed by atoms with Crippen molar-refractivity contribution in [3.05, 3.63) is 132 Å². The van der Waals surface area contributed by atoms with Crippen LogP contribution in [0.1, 0.15) is 22.6 Å². The lowest BCUT2D eigenvalue weighted by Gasteiger charge is -2.22. The molecule has 0 aromatic heterocycles. The highest BCUT2D eigenvalue weighted by molar-refractivity contribution is 6.03. The van der Waals surface area contributed by atoms with Crippen LogP contribution in [0.15, 0.2) is 115 Å². The number of hydrogen-bond donors (Lipinski definition) is 4. The van der Waals surface area contributed by atoms with Gasteiger partial charge in [0.1, 0.15) is 11.5 Å². The quantitative estimate of drug-likeness (QED) is 0.118. The molecule has 228 valence electrons. The highest BCUT2D eigenvalue weighted by Crippen LogP contribution is 2.39. The zero-order chi connectivity index (χ0) is 32.3. The van der Waals surface area contributed by atoms with Crippen LogP contribution in [0.2, 0.25) is 0 Å². The first kappa shape index (κ1) is 31.8. The predicted octanol–water partition coefficient (Wildman–Crippen LogP) is 5.71. The Morgan fingerprint density at radius 3 is 1.42 bits per heavy atom. The standard InChI is InChI=1S/C35H30N2O8/c1-44-29-20-25(12-14-27(29)36-31(38)16-18-33(40)41)35(24-10-8-23(9-11-24)22-6-4-3-5-7-22)26-13-15-28(30(21-26)45-2)37-32(39)17-19-34(42)43/h3-21,35H,1-2H3,(H,36,38)(H,37,39)(H,40,41)(H,42,43)/b18-16+,19-17+. The van der Waals surface area contributed by atoms with E-state index >= 15 is 0 Å². The number of anilines is 2. The molecule has 0 heterocycles. The molecule has 10 nitrogen and oxygen atoms in total. The van der Waals surface area contributed by atoms with Gasteiger partial charge in [0.05, 0.1) is 25.6 Å². The lowest BCUT2D eigenvalue weighted by atomic mass is 9.84. The van der Waals surface area contributed by atoms with Crippen LogP contribution in [0, 0.1) is 0 Å². The van der Waals surface area contributed by atoms with Gasteiger partial charge < -0.3 is 30.3 Å². The van der Waals surface area contributed by atoms with Gasteiger partial charge in [0, 0.05) is 30.2 Å². The number of benzene rings is 4. The number of rotatable bonds is 12. The molecule has 4 N–H and O–H groups in total. The number of carboxylic acids is 2.